The van der Waals surface area contributed by atoms with Gasteiger partial charge >= 0.3 is 0 Å². The Kier molecular flexibility index (Phi) is 8.18. The number of aryl methyl sites for hydroxylation is 2. The number of ether oxygens (including phenoxy) is 2. The van der Waals surface area contributed by atoms with Gasteiger partial charge in [0.25, 0.3) is 0 Å². The number of carbonyl (C=O) groups is 3. The first kappa shape index (κ1) is 31.2. The van der Waals surface area contributed by atoms with E-state index < -0.39 is 6.04 Å². The van der Waals surface area contributed by atoms with Gasteiger partial charge in [-0.25, -0.2) is 15.0 Å². The number of hydrogen-bond donors (Lipinski definition) is 1. The molecule has 1 N–H and O–H groups in total. The molecule has 4 aromatic heterocycles. The number of anilines is 1. The molecule has 2 aliphatic heterocycles. The van der Waals surface area contributed by atoms with Crippen LogP contribution in [0.3, 0.4) is 0 Å². The highest BCUT2D eigenvalue weighted by Crippen LogP contribution is 2.60. The fourth-order valence-electron chi connectivity index (χ4n) is 6.67. The molecule has 2 bridgehead atoms. The summed E-state index contributed by atoms with van der Waals surface area (Å²) < 4.78 is 13.9. The topological polar surface area (TPSA) is 154 Å². The van der Waals surface area contributed by atoms with E-state index in [1.54, 1.807) is 36.4 Å². The summed E-state index contributed by atoms with van der Waals surface area (Å²) in [7, 11) is 0. The molecule has 14 heteroatoms. The number of pyridine rings is 2. The number of rotatable bonds is 4. The highest BCUT2D eigenvalue weighted by atomic mass is 79.9. The number of nitrogens with zero attached hydrogens (tertiary/aromatic N) is 7. The van der Waals surface area contributed by atoms with Gasteiger partial charge in [0, 0.05) is 47.3 Å². The lowest BCUT2D eigenvalue weighted by Crippen LogP contribution is -2.47. The Morgan fingerprint density at radius 2 is 1.85 bits per heavy atom. The van der Waals surface area contributed by atoms with Gasteiger partial charge in [-0.05, 0) is 54.8 Å². The van der Waals surface area contributed by atoms with Crippen LogP contribution < -0.4 is 5.32 Å². The number of ketones is 1. The summed E-state index contributed by atoms with van der Waals surface area (Å²) in [4.78, 5) is 60.4. The first-order valence-corrected chi connectivity index (χ1v) is 16.2. The zero-order valence-electron chi connectivity index (χ0n) is 26.2. The molecule has 1 spiro atoms. The maximum Gasteiger partial charge on any atom is 0.248 e. The van der Waals surface area contributed by atoms with E-state index >= 15 is 0 Å². The second-order valence-electron chi connectivity index (χ2n) is 12.3. The molecule has 3 aliphatic rings. The van der Waals surface area contributed by atoms with Gasteiger partial charge in [0.1, 0.15) is 34.5 Å². The third-order valence-electron chi connectivity index (χ3n) is 9.03. The fourth-order valence-corrected chi connectivity index (χ4v) is 6.98. The SMILES string of the molecule is CC(=O)c1nn(CC(=O)N2[C@H]3C[C@@]4(COC/C=C/COCc5ccc(Br)nc5NC3=O)C[C@@H]24)c2c(C)nc(-c3cnc(C)nc3)cc12. The Balaban J connectivity index is 1.22. The molecule has 1 saturated heterocycles. The number of nitrogens with one attached hydrogen (secondary N) is 1. The molecule has 0 radical (unpaired) electrons. The minimum Gasteiger partial charge on any atom is -0.377 e. The summed E-state index contributed by atoms with van der Waals surface area (Å²) in [6, 6.07) is 4.51. The summed E-state index contributed by atoms with van der Waals surface area (Å²) in [6.07, 6.45) is 8.37. The van der Waals surface area contributed by atoms with E-state index in [4.69, 9.17) is 14.5 Å². The number of amides is 2. The third kappa shape index (κ3) is 5.96. The van der Waals surface area contributed by atoms with E-state index in [9.17, 15) is 14.4 Å². The van der Waals surface area contributed by atoms with Crippen LogP contribution >= 0.6 is 15.9 Å². The van der Waals surface area contributed by atoms with Crippen LogP contribution in [-0.2, 0) is 32.2 Å². The molecule has 2 amide bonds. The fraction of sp³-hybridized carbons (Fsp3) is 0.394. The molecule has 7 rings (SSSR count). The van der Waals surface area contributed by atoms with Crippen molar-refractivity contribution in [3.8, 4) is 11.3 Å². The van der Waals surface area contributed by atoms with Crippen LogP contribution in [0.5, 0.6) is 0 Å². The summed E-state index contributed by atoms with van der Waals surface area (Å²) in [5.74, 6) is 0.162. The van der Waals surface area contributed by atoms with Crippen molar-refractivity contribution >= 4 is 50.2 Å². The minimum absolute atomic E-state index is 0.164. The number of fused-ring (bicyclic) bond motifs is 3. The van der Waals surface area contributed by atoms with Gasteiger partial charge in [-0.1, -0.05) is 18.2 Å². The molecular formula is C33H33BrN8O5. The first-order valence-electron chi connectivity index (χ1n) is 15.4. The molecule has 0 aromatic carbocycles. The lowest BCUT2D eigenvalue weighted by atomic mass is 10.00. The van der Waals surface area contributed by atoms with Crippen LogP contribution in [0.15, 0.2) is 47.3 Å². The van der Waals surface area contributed by atoms with Gasteiger partial charge in [0.05, 0.1) is 43.3 Å². The second-order valence-corrected chi connectivity index (χ2v) is 13.1. The molecule has 6 heterocycles. The zero-order chi connectivity index (χ0) is 32.9. The van der Waals surface area contributed by atoms with Crippen molar-refractivity contribution in [1.29, 1.82) is 0 Å². The summed E-state index contributed by atoms with van der Waals surface area (Å²) in [5, 5.41) is 8.15. The summed E-state index contributed by atoms with van der Waals surface area (Å²) >= 11 is 3.40. The zero-order valence-corrected chi connectivity index (χ0v) is 27.8. The third-order valence-corrected chi connectivity index (χ3v) is 9.47. The lowest BCUT2D eigenvalue weighted by molar-refractivity contribution is -0.138. The van der Waals surface area contributed by atoms with Gasteiger partial charge < -0.3 is 19.7 Å². The highest BCUT2D eigenvalue weighted by molar-refractivity contribution is 9.10. The molecule has 1 aliphatic carbocycles. The number of carbonyl (C=O) groups excluding carboxylic acids is 3. The van der Waals surface area contributed by atoms with Crippen LogP contribution in [-0.4, -0.2) is 84.1 Å². The van der Waals surface area contributed by atoms with Crippen LogP contribution in [0.25, 0.3) is 22.2 Å². The molecule has 1 saturated carbocycles. The van der Waals surface area contributed by atoms with Crippen molar-refractivity contribution < 1.29 is 23.9 Å². The van der Waals surface area contributed by atoms with Crippen molar-refractivity contribution in [2.24, 2.45) is 5.41 Å². The molecule has 13 nitrogen and oxygen atoms in total. The minimum atomic E-state index is -0.749. The molecule has 0 unspecified atom stereocenters. The van der Waals surface area contributed by atoms with Crippen LogP contribution in [0.4, 0.5) is 5.82 Å². The van der Waals surface area contributed by atoms with Gasteiger partial charge in [0.2, 0.25) is 11.8 Å². The Bertz CT molecular complexity index is 1940. The van der Waals surface area contributed by atoms with E-state index in [-0.39, 0.29) is 47.9 Å². The van der Waals surface area contributed by atoms with Gasteiger partial charge in [-0.2, -0.15) is 5.10 Å². The smallest absolute Gasteiger partial charge is 0.248 e. The van der Waals surface area contributed by atoms with Gasteiger partial charge in [0.15, 0.2) is 5.78 Å². The molecule has 242 valence electrons. The Labute approximate surface area is 278 Å². The first-order chi connectivity index (χ1) is 22.6. The van der Waals surface area contributed by atoms with Crippen LogP contribution in [0.1, 0.15) is 47.3 Å². The quantitative estimate of drug-likeness (QED) is 0.188. The lowest BCUT2D eigenvalue weighted by Gasteiger charge is -2.27. The number of Topliss-reactive ketones (excluding diaryl/α,β-unsaturated/α-hetero) is 1. The monoisotopic (exact) mass is 700 g/mol. The van der Waals surface area contributed by atoms with Crippen molar-refractivity contribution in [1.82, 2.24) is 34.6 Å². The van der Waals surface area contributed by atoms with E-state index in [2.05, 4.69) is 41.3 Å². The number of aromatic nitrogens is 6. The largest absolute Gasteiger partial charge is 0.377 e. The Hall–Kier alpha value is -4.40. The number of piperidine rings is 1. The van der Waals surface area contributed by atoms with Crippen LogP contribution in [0.2, 0.25) is 0 Å². The number of halogens is 1. The highest BCUT2D eigenvalue weighted by Gasteiger charge is 2.67. The van der Waals surface area contributed by atoms with E-state index in [0.717, 1.165) is 12.0 Å². The number of likely N-dealkylation sites (tertiary alicyclic amines) is 1. The Morgan fingerprint density at radius 3 is 2.62 bits per heavy atom. The van der Waals surface area contributed by atoms with Gasteiger partial charge in [-0.3, -0.25) is 24.0 Å². The van der Waals surface area contributed by atoms with Crippen molar-refractivity contribution in [2.45, 2.75) is 58.8 Å². The van der Waals surface area contributed by atoms with Crippen LogP contribution in [0, 0.1) is 19.3 Å². The molecular weight excluding hydrogens is 668 g/mol. The molecule has 4 aromatic rings. The predicted octanol–water partition coefficient (Wildman–Crippen LogP) is 3.97. The van der Waals surface area contributed by atoms with E-state index in [1.807, 2.05) is 25.1 Å². The summed E-state index contributed by atoms with van der Waals surface area (Å²) in [5.41, 5.74) is 3.11. The van der Waals surface area contributed by atoms with Crippen molar-refractivity contribution in [2.75, 3.05) is 25.1 Å². The maximum atomic E-state index is 14.2. The summed E-state index contributed by atoms with van der Waals surface area (Å²) in [6.45, 7) is 6.37. The predicted molar refractivity (Wildman–Crippen MR) is 174 cm³/mol. The average molecular weight is 702 g/mol. The molecule has 47 heavy (non-hydrogen) atoms. The van der Waals surface area contributed by atoms with Crippen molar-refractivity contribution in [3.05, 3.63) is 70.1 Å². The van der Waals surface area contributed by atoms with E-state index in [1.165, 1.54) is 11.6 Å². The standard InChI is InChI=1S/C33H33BrN8O5/c1-18-30-23(10-24(37-18)22-13-35-20(3)36-14-22)29(19(2)43)40-41(30)15-28(44)42-25-11-33(12-26(33)42)17-47-9-5-4-8-46-16-21-6-7-27(34)38-31(21)39-32(25)45/h4-7,10,13-14,25-26H,8-9,11-12,15-17H2,1-3H3,(H,38,39,45)/b5-4+/t25-,26+,33-/m0/s1. The van der Waals surface area contributed by atoms with Gasteiger partial charge in [-0.15, -0.1) is 0 Å². The van der Waals surface area contributed by atoms with E-state index in [0.29, 0.717) is 70.3 Å². The van der Waals surface area contributed by atoms with Crippen molar-refractivity contribution in [3.63, 3.8) is 0 Å². The molecule has 3 atom stereocenters. The average Bonchev–Trinajstić information content (AvgIpc) is 3.43. The number of hydrogen-bond acceptors (Lipinski definition) is 10. The second kappa shape index (κ2) is 12.3. The Morgan fingerprint density at radius 1 is 1.09 bits per heavy atom. The normalized spacial score (nSPS) is 23.3. The molecule has 2 fully saturated rings. The maximum absolute atomic E-state index is 14.2.